The lowest BCUT2D eigenvalue weighted by Gasteiger charge is -2.02. The summed E-state index contributed by atoms with van der Waals surface area (Å²) in [7, 11) is 0. The van der Waals surface area contributed by atoms with Crippen molar-refractivity contribution in [1.82, 2.24) is 9.97 Å². The monoisotopic (exact) mass is 279 g/mol. The molecule has 0 aliphatic heterocycles. The van der Waals surface area contributed by atoms with E-state index in [1.54, 1.807) is 24.5 Å². The Hall–Kier alpha value is -1.62. The Labute approximate surface area is 101 Å². The molecule has 2 N–H and O–H groups in total. The van der Waals surface area contributed by atoms with Gasteiger partial charge in [0.05, 0.1) is 0 Å². The Balaban J connectivity index is 2.10. The zero-order chi connectivity index (χ0) is 11.5. The van der Waals surface area contributed by atoms with Crippen LogP contribution in [0.15, 0.2) is 35.1 Å². The first-order valence-corrected chi connectivity index (χ1v) is 5.52. The van der Waals surface area contributed by atoms with Crippen molar-refractivity contribution in [3.05, 3.63) is 46.3 Å². The second-order valence-electron chi connectivity index (χ2n) is 3.41. The molecule has 2 aromatic heterocycles. The second kappa shape index (κ2) is 4.49. The first-order chi connectivity index (χ1) is 7.65. The molecule has 5 heteroatoms. The highest BCUT2D eigenvalue weighted by Gasteiger charge is 2.08. The third-order valence-corrected chi connectivity index (χ3v) is 2.50. The second-order valence-corrected chi connectivity index (χ2v) is 4.32. The van der Waals surface area contributed by atoms with Crippen LogP contribution in [-0.4, -0.2) is 15.9 Å². The van der Waals surface area contributed by atoms with Crippen LogP contribution in [-0.2, 0) is 0 Å². The molecule has 0 spiro atoms. The fourth-order valence-electron chi connectivity index (χ4n) is 1.22. The van der Waals surface area contributed by atoms with E-state index in [9.17, 15) is 4.79 Å². The van der Waals surface area contributed by atoms with Gasteiger partial charge in [0, 0.05) is 16.9 Å². The summed E-state index contributed by atoms with van der Waals surface area (Å²) in [6.07, 6.45) is 3.41. The average molecular weight is 280 g/mol. The minimum Gasteiger partial charge on any atom is -0.356 e. The molecule has 0 bridgehead atoms. The number of pyridine rings is 1. The van der Waals surface area contributed by atoms with Crippen LogP contribution in [0.3, 0.4) is 0 Å². The molecule has 0 atom stereocenters. The molecule has 82 valence electrons. The number of carbonyl (C=O) groups is 1. The lowest BCUT2D eigenvalue weighted by atomic mass is 10.3. The Morgan fingerprint density at radius 2 is 2.31 bits per heavy atom. The summed E-state index contributed by atoms with van der Waals surface area (Å²) in [6.45, 7) is 1.95. The summed E-state index contributed by atoms with van der Waals surface area (Å²) in [5, 5.41) is 2.70. The standard InChI is InChI=1S/C11H10BrN3O/c1-7-2-3-10(14-5-7)15-11(16)9-4-8(12)6-13-9/h2-6,13H,1H3,(H,14,15,16). The number of rotatable bonds is 2. The third-order valence-electron chi connectivity index (χ3n) is 2.05. The van der Waals surface area contributed by atoms with Crippen molar-refractivity contribution >= 4 is 27.7 Å². The molecule has 0 fully saturated rings. The van der Waals surface area contributed by atoms with Crippen molar-refractivity contribution in [3.63, 3.8) is 0 Å². The van der Waals surface area contributed by atoms with E-state index in [-0.39, 0.29) is 5.91 Å². The molecule has 2 rings (SSSR count). The van der Waals surface area contributed by atoms with Gasteiger partial charge in [0.15, 0.2) is 0 Å². The van der Waals surface area contributed by atoms with E-state index in [1.165, 1.54) is 0 Å². The van der Waals surface area contributed by atoms with Crippen molar-refractivity contribution < 1.29 is 4.79 Å². The number of H-pyrrole nitrogens is 1. The number of nitrogens with zero attached hydrogens (tertiary/aromatic N) is 1. The molecule has 0 aliphatic carbocycles. The van der Waals surface area contributed by atoms with Crippen LogP contribution in [0.1, 0.15) is 16.1 Å². The quantitative estimate of drug-likeness (QED) is 0.888. The predicted octanol–water partition coefficient (Wildman–Crippen LogP) is 2.73. The van der Waals surface area contributed by atoms with Crippen LogP contribution in [0, 0.1) is 6.92 Å². The number of amides is 1. The van der Waals surface area contributed by atoms with Crippen LogP contribution in [0.4, 0.5) is 5.82 Å². The van der Waals surface area contributed by atoms with Crippen molar-refractivity contribution in [2.75, 3.05) is 5.32 Å². The van der Waals surface area contributed by atoms with E-state index in [0.717, 1.165) is 10.0 Å². The summed E-state index contributed by atoms with van der Waals surface area (Å²) >= 11 is 3.27. The largest absolute Gasteiger partial charge is 0.356 e. The van der Waals surface area contributed by atoms with E-state index < -0.39 is 0 Å². The maximum absolute atomic E-state index is 11.7. The number of aromatic nitrogens is 2. The molecule has 0 saturated carbocycles. The summed E-state index contributed by atoms with van der Waals surface area (Å²) in [6, 6.07) is 5.38. The number of nitrogens with one attached hydrogen (secondary N) is 2. The molecule has 4 nitrogen and oxygen atoms in total. The van der Waals surface area contributed by atoms with Crippen LogP contribution >= 0.6 is 15.9 Å². The molecule has 0 aromatic carbocycles. The fourth-order valence-corrected chi connectivity index (χ4v) is 1.57. The Bertz CT molecular complexity index is 504. The van der Waals surface area contributed by atoms with Crippen LogP contribution in [0.5, 0.6) is 0 Å². The maximum atomic E-state index is 11.7. The lowest BCUT2D eigenvalue weighted by molar-refractivity contribution is 0.102. The minimum atomic E-state index is -0.206. The molecule has 0 aliphatic rings. The van der Waals surface area contributed by atoms with E-state index in [4.69, 9.17) is 0 Å². The summed E-state index contributed by atoms with van der Waals surface area (Å²) in [5.41, 5.74) is 1.55. The Kier molecular flexibility index (Phi) is 3.05. The van der Waals surface area contributed by atoms with Gasteiger partial charge in [-0.05, 0) is 40.5 Å². The first kappa shape index (κ1) is 10.9. The predicted molar refractivity (Wildman–Crippen MR) is 65.4 cm³/mol. The van der Waals surface area contributed by atoms with E-state index in [2.05, 4.69) is 31.2 Å². The number of aryl methyl sites for hydroxylation is 1. The number of carbonyl (C=O) groups excluding carboxylic acids is 1. The highest BCUT2D eigenvalue weighted by atomic mass is 79.9. The highest BCUT2D eigenvalue weighted by Crippen LogP contribution is 2.12. The van der Waals surface area contributed by atoms with Gasteiger partial charge >= 0.3 is 0 Å². The average Bonchev–Trinajstić information content (AvgIpc) is 2.68. The van der Waals surface area contributed by atoms with Gasteiger partial charge in [-0.25, -0.2) is 4.98 Å². The fraction of sp³-hybridized carbons (Fsp3) is 0.0909. The number of hydrogen-bond donors (Lipinski definition) is 2. The smallest absolute Gasteiger partial charge is 0.273 e. The van der Waals surface area contributed by atoms with Gasteiger partial charge in [0.1, 0.15) is 11.5 Å². The van der Waals surface area contributed by atoms with Gasteiger partial charge in [-0.15, -0.1) is 0 Å². The van der Waals surface area contributed by atoms with Crippen molar-refractivity contribution in [2.45, 2.75) is 6.92 Å². The first-order valence-electron chi connectivity index (χ1n) is 4.73. The molecular formula is C11H10BrN3O. The van der Waals surface area contributed by atoms with Crippen molar-refractivity contribution in [3.8, 4) is 0 Å². The Morgan fingerprint density at radius 3 is 2.88 bits per heavy atom. The zero-order valence-electron chi connectivity index (χ0n) is 8.62. The van der Waals surface area contributed by atoms with Gasteiger partial charge in [0.2, 0.25) is 0 Å². The normalized spacial score (nSPS) is 10.1. The van der Waals surface area contributed by atoms with Gasteiger partial charge in [-0.2, -0.15) is 0 Å². The summed E-state index contributed by atoms with van der Waals surface area (Å²) < 4.78 is 0.842. The topological polar surface area (TPSA) is 57.8 Å². The number of halogens is 1. The molecule has 2 heterocycles. The Morgan fingerprint density at radius 1 is 1.50 bits per heavy atom. The van der Waals surface area contributed by atoms with Gasteiger partial charge in [-0.3, -0.25) is 4.79 Å². The summed E-state index contributed by atoms with van der Waals surface area (Å²) in [4.78, 5) is 18.7. The van der Waals surface area contributed by atoms with E-state index >= 15 is 0 Å². The molecule has 0 radical (unpaired) electrons. The SMILES string of the molecule is Cc1ccc(NC(=O)c2cc(Br)c[nH]2)nc1. The molecule has 0 saturated heterocycles. The zero-order valence-corrected chi connectivity index (χ0v) is 10.2. The lowest BCUT2D eigenvalue weighted by Crippen LogP contribution is -2.13. The number of anilines is 1. The van der Waals surface area contributed by atoms with Crippen LogP contribution in [0.25, 0.3) is 0 Å². The highest BCUT2D eigenvalue weighted by molar-refractivity contribution is 9.10. The number of hydrogen-bond acceptors (Lipinski definition) is 2. The molecule has 0 unspecified atom stereocenters. The molecular weight excluding hydrogens is 270 g/mol. The van der Waals surface area contributed by atoms with Crippen molar-refractivity contribution in [2.24, 2.45) is 0 Å². The minimum absolute atomic E-state index is 0.206. The summed E-state index contributed by atoms with van der Waals surface area (Å²) in [5.74, 6) is 0.336. The maximum Gasteiger partial charge on any atom is 0.273 e. The van der Waals surface area contributed by atoms with Gasteiger partial charge < -0.3 is 10.3 Å². The van der Waals surface area contributed by atoms with Crippen LogP contribution in [0.2, 0.25) is 0 Å². The van der Waals surface area contributed by atoms with Gasteiger partial charge in [-0.1, -0.05) is 6.07 Å². The van der Waals surface area contributed by atoms with Gasteiger partial charge in [0.25, 0.3) is 5.91 Å². The van der Waals surface area contributed by atoms with E-state index in [1.807, 2.05) is 13.0 Å². The molecule has 1 amide bonds. The van der Waals surface area contributed by atoms with E-state index in [0.29, 0.717) is 11.5 Å². The number of aromatic amines is 1. The van der Waals surface area contributed by atoms with Crippen LogP contribution < -0.4 is 5.32 Å². The molecule has 2 aromatic rings. The van der Waals surface area contributed by atoms with Crippen molar-refractivity contribution in [1.29, 1.82) is 0 Å². The molecule has 16 heavy (non-hydrogen) atoms. The third kappa shape index (κ3) is 2.49.